The van der Waals surface area contributed by atoms with E-state index in [2.05, 4.69) is 0 Å². The zero-order valence-corrected chi connectivity index (χ0v) is 9.36. The Balaban J connectivity index is 2.38. The highest BCUT2D eigenvalue weighted by Gasteiger charge is 2.12. The third kappa shape index (κ3) is 2.43. The van der Waals surface area contributed by atoms with Gasteiger partial charge in [-0.2, -0.15) is 0 Å². The molecule has 0 heterocycles. The molecule has 92 valence electrons. The van der Waals surface area contributed by atoms with Gasteiger partial charge in [0.05, 0.1) is 6.61 Å². The minimum absolute atomic E-state index is 0.0731. The van der Waals surface area contributed by atoms with Crippen LogP contribution < -0.4 is 0 Å². The second-order valence-electron chi connectivity index (χ2n) is 3.82. The Morgan fingerprint density at radius 2 is 1.72 bits per heavy atom. The van der Waals surface area contributed by atoms with Crippen LogP contribution in [0.15, 0.2) is 42.5 Å². The van der Waals surface area contributed by atoms with Crippen LogP contribution in [0.4, 0.5) is 8.78 Å². The molecule has 0 saturated carbocycles. The number of rotatable bonds is 3. The Morgan fingerprint density at radius 1 is 1.00 bits per heavy atom. The molecular formula is C14H10F2O2. The van der Waals surface area contributed by atoms with Crippen LogP contribution in [0.5, 0.6) is 0 Å². The predicted octanol–water partition coefficient (Wildman–Crippen LogP) is 2.69. The summed E-state index contributed by atoms with van der Waals surface area (Å²) >= 11 is 0. The van der Waals surface area contributed by atoms with E-state index in [9.17, 15) is 13.6 Å². The third-order valence-electron chi connectivity index (χ3n) is 2.55. The van der Waals surface area contributed by atoms with E-state index >= 15 is 0 Å². The average Bonchev–Trinajstić information content (AvgIpc) is 2.41. The van der Waals surface area contributed by atoms with Gasteiger partial charge in [-0.1, -0.05) is 18.2 Å². The Morgan fingerprint density at radius 3 is 2.39 bits per heavy atom. The van der Waals surface area contributed by atoms with Gasteiger partial charge < -0.3 is 5.11 Å². The van der Waals surface area contributed by atoms with Gasteiger partial charge in [-0.25, -0.2) is 8.78 Å². The smallest absolute Gasteiger partial charge is 0.193 e. The second kappa shape index (κ2) is 5.06. The lowest BCUT2D eigenvalue weighted by molar-refractivity contribution is 0.103. The van der Waals surface area contributed by atoms with Gasteiger partial charge in [-0.05, 0) is 29.8 Å². The summed E-state index contributed by atoms with van der Waals surface area (Å²) in [6.07, 6.45) is 0. The van der Waals surface area contributed by atoms with Gasteiger partial charge in [0.2, 0.25) is 0 Å². The SMILES string of the molecule is O=C(c1cccc(CO)c1)c1ccc(F)c(F)c1. The van der Waals surface area contributed by atoms with Crippen LogP contribution in [-0.4, -0.2) is 10.9 Å². The maximum Gasteiger partial charge on any atom is 0.193 e. The molecule has 2 rings (SSSR count). The first kappa shape index (κ1) is 12.4. The third-order valence-corrected chi connectivity index (χ3v) is 2.55. The molecule has 0 spiro atoms. The lowest BCUT2D eigenvalue weighted by atomic mass is 10.0. The molecule has 0 aliphatic heterocycles. The largest absolute Gasteiger partial charge is 0.392 e. The molecule has 2 aromatic carbocycles. The van der Waals surface area contributed by atoms with Gasteiger partial charge in [-0.3, -0.25) is 4.79 Å². The summed E-state index contributed by atoms with van der Waals surface area (Å²) in [6.45, 7) is -0.182. The summed E-state index contributed by atoms with van der Waals surface area (Å²) in [6, 6.07) is 9.38. The molecule has 4 heteroatoms. The number of halogens is 2. The van der Waals surface area contributed by atoms with E-state index in [1.165, 1.54) is 12.1 Å². The van der Waals surface area contributed by atoms with Crippen LogP contribution in [0.2, 0.25) is 0 Å². The fourth-order valence-corrected chi connectivity index (χ4v) is 1.61. The van der Waals surface area contributed by atoms with E-state index in [-0.39, 0.29) is 12.2 Å². The van der Waals surface area contributed by atoms with E-state index in [1.807, 2.05) is 0 Å². The molecule has 0 unspecified atom stereocenters. The molecule has 2 nitrogen and oxygen atoms in total. The number of carbonyl (C=O) groups excluding carboxylic acids is 1. The van der Waals surface area contributed by atoms with Crippen molar-refractivity contribution in [2.24, 2.45) is 0 Å². The summed E-state index contributed by atoms with van der Waals surface area (Å²) < 4.78 is 25.8. The number of aliphatic hydroxyl groups excluding tert-OH is 1. The number of benzene rings is 2. The van der Waals surface area contributed by atoms with Gasteiger partial charge in [-0.15, -0.1) is 0 Å². The fraction of sp³-hybridized carbons (Fsp3) is 0.0714. The van der Waals surface area contributed by atoms with E-state index in [0.717, 1.165) is 12.1 Å². The van der Waals surface area contributed by atoms with Crippen molar-refractivity contribution < 1.29 is 18.7 Å². The molecule has 0 amide bonds. The Hall–Kier alpha value is -2.07. The number of ketones is 1. The minimum atomic E-state index is -1.06. The monoisotopic (exact) mass is 248 g/mol. The standard InChI is InChI=1S/C14H10F2O2/c15-12-5-4-11(7-13(12)16)14(18)10-3-1-2-9(6-10)8-17/h1-7,17H,8H2. The van der Waals surface area contributed by atoms with Gasteiger partial charge in [0.15, 0.2) is 17.4 Å². The van der Waals surface area contributed by atoms with Crippen LogP contribution >= 0.6 is 0 Å². The normalized spacial score (nSPS) is 10.4. The molecule has 18 heavy (non-hydrogen) atoms. The summed E-state index contributed by atoms with van der Waals surface area (Å²) in [5, 5.41) is 8.97. The first-order chi connectivity index (χ1) is 8.61. The number of hydrogen-bond donors (Lipinski definition) is 1. The lowest BCUT2D eigenvalue weighted by Gasteiger charge is -2.03. The van der Waals surface area contributed by atoms with Crippen LogP contribution in [0.3, 0.4) is 0 Å². The zero-order chi connectivity index (χ0) is 13.1. The fourth-order valence-electron chi connectivity index (χ4n) is 1.61. The molecule has 0 aromatic heterocycles. The summed E-state index contributed by atoms with van der Waals surface area (Å²) in [5.74, 6) is -2.46. The van der Waals surface area contributed by atoms with Crippen LogP contribution in [0.1, 0.15) is 21.5 Å². The molecule has 2 aromatic rings. The van der Waals surface area contributed by atoms with Crippen LogP contribution in [0.25, 0.3) is 0 Å². The quantitative estimate of drug-likeness (QED) is 0.848. The van der Waals surface area contributed by atoms with Gasteiger partial charge in [0, 0.05) is 11.1 Å². The summed E-state index contributed by atoms with van der Waals surface area (Å²) in [5.41, 5.74) is 0.986. The molecule has 0 radical (unpaired) electrons. The molecule has 0 bridgehead atoms. The zero-order valence-electron chi connectivity index (χ0n) is 9.36. The van der Waals surface area contributed by atoms with E-state index < -0.39 is 17.4 Å². The first-order valence-corrected chi connectivity index (χ1v) is 5.31. The highest BCUT2D eigenvalue weighted by Crippen LogP contribution is 2.14. The number of carbonyl (C=O) groups is 1. The Bertz CT molecular complexity index is 594. The molecular weight excluding hydrogens is 238 g/mol. The van der Waals surface area contributed by atoms with Crippen molar-refractivity contribution in [1.29, 1.82) is 0 Å². The van der Waals surface area contributed by atoms with Crippen LogP contribution in [-0.2, 0) is 6.61 Å². The number of hydrogen-bond acceptors (Lipinski definition) is 2. The average molecular weight is 248 g/mol. The van der Waals surface area contributed by atoms with Crippen molar-refractivity contribution in [1.82, 2.24) is 0 Å². The summed E-state index contributed by atoms with van der Waals surface area (Å²) in [4.78, 5) is 12.0. The Labute approximate surface area is 103 Å². The molecule has 0 atom stereocenters. The molecule has 1 N–H and O–H groups in total. The highest BCUT2D eigenvalue weighted by molar-refractivity contribution is 6.09. The van der Waals surface area contributed by atoms with E-state index in [0.29, 0.717) is 11.1 Å². The maximum absolute atomic E-state index is 13.0. The van der Waals surface area contributed by atoms with Crippen molar-refractivity contribution in [3.8, 4) is 0 Å². The molecule has 0 fully saturated rings. The van der Waals surface area contributed by atoms with E-state index in [1.54, 1.807) is 18.2 Å². The predicted molar refractivity (Wildman–Crippen MR) is 62.2 cm³/mol. The Kier molecular flexibility index (Phi) is 3.48. The molecule has 0 aliphatic carbocycles. The van der Waals surface area contributed by atoms with Crippen molar-refractivity contribution >= 4 is 5.78 Å². The van der Waals surface area contributed by atoms with Crippen molar-refractivity contribution in [2.75, 3.05) is 0 Å². The topological polar surface area (TPSA) is 37.3 Å². The van der Waals surface area contributed by atoms with Crippen molar-refractivity contribution in [3.05, 3.63) is 70.8 Å². The second-order valence-corrected chi connectivity index (χ2v) is 3.82. The van der Waals surface area contributed by atoms with Crippen LogP contribution in [0, 0.1) is 11.6 Å². The minimum Gasteiger partial charge on any atom is -0.392 e. The highest BCUT2D eigenvalue weighted by atomic mass is 19.2. The summed E-state index contributed by atoms with van der Waals surface area (Å²) in [7, 11) is 0. The maximum atomic E-state index is 13.0. The van der Waals surface area contributed by atoms with Gasteiger partial charge >= 0.3 is 0 Å². The van der Waals surface area contributed by atoms with Gasteiger partial charge in [0.25, 0.3) is 0 Å². The molecule has 0 aliphatic rings. The number of aliphatic hydroxyl groups is 1. The lowest BCUT2D eigenvalue weighted by Crippen LogP contribution is -2.03. The van der Waals surface area contributed by atoms with Crippen molar-refractivity contribution in [2.45, 2.75) is 6.61 Å². The molecule has 0 saturated heterocycles. The first-order valence-electron chi connectivity index (χ1n) is 5.31. The van der Waals surface area contributed by atoms with Gasteiger partial charge in [0.1, 0.15) is 0 Å². The van der Waals surface area contributed by atoms with Crippen molar-refractivity contribution in [3.63, 3.8) is 0 Å². The van der Waals surface area contributed by atoms with E-state index in [4.69, 9.17) is 5.11 Å².